The predicted molar refractivity (Wildman–Crippen MR) is 133 cm³/mol. The molecule has 0 amide bonds. The average Bonchev–Trinajstić information content (AvgIpc) is 3.41. The highest BCUT2D eigenvalue weighted by Crippen LogP contribution is 2.34. The maximum atomic E-state index is 13.6. The van der Waals surface area contributed by atoms with Gasteiger partial charge < -0.3 is 24.1 Å². The topological polar surface area (TPSA) is 119 Å². The van der Waals surface area contributed by atoms with Crippen LogP contribution in [0.15, 0.2) is 72.2 Å². The van der Waals surface area contributed by atoms with Gasteiger partial charge in [0.2, 0.25) is 0 Å². The summed E-state index contributed by atoms with van der Waals surface area (Å²) in [5.41, 5.74) is 2.85. The summed E-state index contributed by atoms with van der Waals surface area (Å²) in [6.45, 7) is 2.47. The molecule has 1 atom stereocenters. The molecule has 4 aromatic rings. The third-order valence-corrected chi connectivity index (χ3v) is 6.02. The Morgan fingerprint density at radius 3 is 2.75 bits per heavy atom. The number of carbonyl (C=O) groups is 1. The van der Waals surface area contributed by atoms with E-state index in [1.807, 2.05) is 12.1 Å². The van der Waals surface area contributed by atoms with Crippen LogP contribution in [0.5, 0.6) is 11.5 Å². The van der Waals surface area contributed by atoms with E-state index in [9.17, 15) is 14.7 Å². The molecule has 186 valence electrons. The smallest absolute Gasteiger partial charge is 0.306 e. The number of nitrogens with one attached hydrogen (secondary N) is 1. The number of nitrogens with zero attached hydrogens (tertiary/aromatic N) is 3. The fraction of sp³-hybridized carbons (Fsp3) is 0.259. The van der Waals surface area contributed by atoms with E-state index in [-0.39, 0.29) is 23.3 Å². The van der Waals surface area contributed by atoms with Crippen molar-refractivity contribution in [1.29, 1.82) is 0 Å². The van der Waals surface area contributed by atoms with Gasteiger partial charge in [-0.05, 0) is 36.8 Å². The second kappa shape index (κ2) is 11.4. The second-order valence-electron chi connectivity index (χ2n) is 8.42. The van der Waals surface area contributed by atoms with Crippen molar-refractivity contribution in [3.05, 3.63) is 106 Å². The van der Waals surface area contributed by atoms with Crippen LogP contribution < -0.4 is 10.3 Å². The number of ether oxygens (including phenoxy) is 2. The van der Waals surface area contributed by atoms with E-state index in [4.69, 9.17) is 9.47 Å². The average molecular weight is 489 g/mol. The third kappa shape index (κ3) is 5.80. The summed E-state index contributed by atoms with van der Waals surface area (Å²) in [6, 6.07) is 12.5. The highest BCUT2D eigenvalue weighted by Gasteiger charge is 2.27. The molecule has 0 radical (unpaired) electrons. The standard InChI is InChI=1S/C27H28N4O5/c1-18-11-24(32)26(27(34)31(18)10-8-21-15-29-17-30-21)23(13-25(33)35-2)20-6-3-7-22(12-20)36-16-19-5-4-9-28-14-19/h3-7,9,11-12,14-15,17,23,32H,8,10,13,16H2,1-2H3,(H,29,30)/t23-/m0/s1. The minimum atomic E-state index is -0.731. The molecule has 0 unspecified atom stereocenters. The summed E-state index contributed by atoms with van der Waals surface area (Å²) in [4.78, 5) is 37.1. The number of aromatic amines is 1. The van der Waals surface area contributed by atoms with Crippen LogP contribution in [-0.4, -0.2) is 37.7 Å². The van der Waals surface area contributed by atoms with Gasteiger partial charge in [-0.25, -0.2) is 4.98 Å². The van der Waals surface area contributed by atoms with Crippen molar-refractivity contribution in [3.8, 4) is 11.5 Å². The molecule has 3 heterocycles. The number of imidazole rings is 1. The van der Waals surface area contributed by atoms with Gasteiger partial charge in [-0.15, -0.1) is 0 Å². The van der Waals surface area contributed by atoms with E-state index in [2.05, 4.69) is 15.0 Å². The van der Waals surface area contributed by atoms with Gasteiger partial charge in [0, 0.05) is 54.4 Å². The molecule has 2 N–H and O–H groups in total. The molecule has 36 heavy (non-hydrogen) atoms. The van der Waals surface area contributed by atoms with Crippen molar-refractivity contribution in [3.63, 3.8) is 0 Å². The van der Waals surface area contributed by atoms with Crippen molar-refractivity contribution < 1.29 is 19.4 Å². The number of carbonyl (C=O) groups excluding carboxylic acids is 1. The molecule has 0 saturated carbocycles. The van der Waals surface area contributed by atoms with E-state index in [1.165, 1.54) is 7.11 Å². The second-order valence-corrected chi connectivity index (χ2v) is 8.42. The Morgan fingerprint density at radius 1 is 1.17 bits per heavy atom. The van der Waals surface area contributed by atoms with Crippen molar-refractivity contribution in [2.24, 2.45) is 0 Å². The molecule has 1 aromatic carbocycles. The van der Waals surface area contributed by atoms with Crippen molar-refractivity contribution in [2.45, 2.75) is 38.8 Å². The number of benzene rings is 1. The zero-order valence-electron chi connectivity index (χ0n) is 20.2. The van der Waals surface area contributed by atoms with Gasteiger partial charge in [0.05, 0.1) is 25.4 Å². The maximum absolute atomic E-state index is 13.6. The van der Waals surface area contributed by atoms with Gasteiger partial charge in [-0.3, -0.25) is 14.6 Å². The van der Waals surface area contributed by atoms with E-state index >= 15 is 0 Å². The molecular weight excluding hydrogens is 460 g/mol. The van der Waals surface area contributed by atoms with Gasteiger partial charge >= 0.3 is 5.97 Å². The SMILES string of the molecule is COC(=O)C[C@@H](c1cccc(OCc2cccnc2)c1)c1c(O)cc(C)n(CCc2cnc[nH]2)c1=O. The summed E-state index contributed by atoms with van der Waals surface area (Å²) >= 11 is 0. The summed E-state index contributed by atoms with van der Waals surface area (Å²) in [7, 11) is 1.30. The Labute approximate surface area is 208 Å². The van der Waals surface area contributed by atoms with Crippen LogP contribution in [-0.2, 0) is 29.1 Å². The summed E-state index contributed by atoms with van der Waals surface area (Å²) < 4.78 is 12.4. The lowest BCUT2D eigenvalue weighted by molar-refractivity contribution is -0.140. The Bertz CT molecular complexity index is 1370. The van der Waals surface area contributed by atoms with Crippen LogP contribution in [0.1, 0.15) is 40.4 Å². The van der Waals surface area contributed by atoms with Crippen LogP contribution in [0.25, 0.3) is 0 Å². The van der Waals surface area contributed by atoms with E-state index in [0.29, 0.717) is 36.6 Å². The highest BCUT2D eigenvalue weighted by molar-refractivity contribution is 5.71. The monoisotopic (exact) mass is 488 g/mol. The normalized spacial score (nSPS) is 11.7. The predicted octanol–water partition coefficient (Wildman–Crippen LogP) is 3.50. The summed E-state index contributed by atoms with van der Waals surface area (Å²) in [5.74, 6) is -0.820. The lowest BCUT2D eigenvalue weighted by Crippen LogP contribution is -2.29. The molecule has 0 aliphatic rings. The first-order chi connectivity index (χ1) is 17.5. The van der Waals surface area contributed by atoms with Gasteiger partial charge in [0.15, 0.2) is 0 Å². The molecule has 0 aliphatic carbocycles. The number of pyridine rings is 2. The molecule has 9 nitrogen and oxygen atoms in total. The Kier molecular flexibility index (Phi) is 7.79. The number of hydrogen-bond donors (Lipinski definition) is 2. The molecule has 4 rings (SSSR count). The highest BCUT2D eigenvalue weighted by atomic mass is 16.5. The van der Waals surface area contributed by atoms with Crippen molar-refractivity contribution >= 4 is 5.97 Å². The van der Waals surface area contributed by atoms with Crippen LogP contribution in [0.4, 0.5) is 0 Å². The molecule has 0 saturated heterocycles. The number of H-pyrrole nitrogens is 1. The van der Waals surface area contributed by atoms with Gasteiger partial charge in [-0.1, -0.05) is 18.2 Å². The van der Waals surface area contributed by atoms with Gasteiger partial charge in [0.1, 0.15) is 18.1 Å². The maximum Gasteiger partial charge on any atom is 0.306 e. The minimum Gasteiger partial charge on any atom is -0.507 e. The largest absolute Gasteiger partial charge is 0.507 e. The fourth-order valence-corrected chi connectivity index (χ4v) is 4.14. The van der Waals surface area contributed by atoms with Gasteiger partial charge in [0.25, 0.3) is 5.56 Å². The first-order valence-corrected chi connectivity index (χ1v) is 11.5. The molecule has 0 spiro atoms. The molecular formula is C27H28N4O5. The van der Waals surface area contributed by atoms with Crippen LogP contribution in [0.3, 0.4) is 0 Å². The minimum absolute atomic E-state index is 0.116. The van der Waals surface area contributed by atoms with Crippen LogP contribution >= 0.6 is 0 Å². The van der Waals surface area contributed by atoms with Crippen molar-refractivity contribution in [2.75, 3.05) is 7.11 Å². The zero-order valence-corrected chi connectivity index (χ0v) is 20.2. The first kappa shape index (κ1) is 24.7. The lowest BCUT2D eigenvalue weighted by Gasteiger charge is -2.21. The number of aryl methyl sites for hydroxylation is 2. The first-order valence-electron chi connectivity index (χ1n) is 11.5. The number of rotatable bonds is 10. The molecule has 0 fully saturated rings. The summed E-state index contributed by atoms with van der Waals surface area (Å²) in [6.07, 6.45) is 7.15. The molecule has 0 bridgehead atoms. The number of aromatic hydroxyl groups is 1. The third-order valence-electron chi connectivity index (χ3n) is 6.02. The number of methoxy groups -OCH3 is 1. The molecule has 9 heteroatoms. The number of aromatic nitrogens is 4. The van der Waals surface area contributed by atoms with E-state index < -0.39 is 11.9 Å². The van der Waals surface area contributed by atoms with E-state index in [1.54, 1.807) is 66.7 Å². The Hall–Kier alpha value is -4.40. The molecule has 3 aromatic heterocycles. The van der Waals surface area contributed by atoms with E-state index in [0.717, 1.165) is 11.3 Å². The summed E-state index contributed by atoms with van der Waals surface area (Å²) in [5, 5.41) is 10.9. The fourth-order valence-electron chi connectivity index (χ4n) is 4.14. The zero-order chi connectivity index (χ0) is 25.5. The Balaban J connectivity index is 1.69. The molecule has 0 aliphatic heterocycles. The lowest BCUT2D eigenvalue weighted by atomic mass is 9.88. The van der Waals surface area contributed by atoms with Crippen LogP contribution in [0, 0.1) is 6.92 Å². The quantitative estimate of drug-likeness (QED) is 0.328. The van der Waals surface area contributed by atoms with Crippen molar-refractivity contribution in [1.82, 2.24) is 19.5 Å². The number of esters is 1. The van der Waals surface area contributed by atoms with Crippen LogP contribution in [0.2, 0.25) is 0 Å². The Morgan fingerprint density at radius 2 is 2.03 bits per heavy atom. The number of hydrogen-bond acceptors (Lipinski definition) is 7. The van der Waals surface area contributed by atoms with Gasteiger partial charge in [-0.2, -0.15) is 0 Å².